The number of nitrogens with one attached hydrogen (secondary N) is 2. The molecule has 148 valence electrons. The van der Waals surface area contributed by atoms with E-state index in [4.69, 9.17) is 12.2 Å². The van der Waals surface area contributed by atoms with Crippen molar-refractivity contribution in [3.05, 3.63) is 30.3 Å². The van der Waals surface area contributed by atoms with E-state index in [0.29, 0.717) is 11.9 Å². The lowest BCUT2D eigenvalue weighted by Gasteiger charge is -2.35. The first-order valence-corrected chi connectivity index (χ1v) is 11.6. The summed E-state index contributed by atoms with van der Waals surface area (Å²) in [7, 11) is 0. The first kappa shape index (κ1) is 20.5. The molecular formula is C21H31N3OS2. The van der Waals surface area contributed by atoms with E-state index >= 15 is 0 Å². The van der Waals surface area contributed by atoms with Crippen LogP contribution in [0.3, 0.4) is 0 Å². The van der Waals surface area contributed by atoms with E-state index < -0.39 is 0 Å². The van der Waals surface area contributed by atoms with E-state index in [0.717, 1.165) is 56.2 Å². The highest BCUT2D eigenvalue weighted by Gasteiger charge is 2.29. The van der Waals surface area contributed by atoms with Crippen molar-refractivity contribution in [2.24, 2.45) is 5.92 Å². The van der Waals surface area contributed by atoms with Crippen LogP contribution < -0.4 is 10.6 Å². The molecule has 1 amide bonds. The summed E-state index contributed by atoms with van der Waals surface area (Å²) in [5.41, 5.74) is 0. The molecule has 1 saturated heterocycles. The van der Waals surface area contributed by atoms with Crippen LogP contribution in [0.5, 0.6) is 0 Å². The molecule has 1 heterocycles. The van der Waals surface area contributed by atoms with E-state index in [9.17, 15) is 4.79 Å². The first-order chi connectivity index (χ1) is 13.2. The number of hydrogen-bond acceptors (Lipinski definition) is 3. The zero-order valence-corrected chi connectivity index (χ0v) is 17.6. The summed E-state index contributed by atoms with van der Waals surface area (Å²) in [6, 6.07) is 10.8. The highest BCUT2D eigenvalue weighted by atomic mass is 32.2. The fourth-order valence-corrected chi connectivity index (χ4v) is 5.00. The van der Waals surface area contributed by atoms with Crippen LogP contribution in [-0.4, -0.2) is 47.3 Å². The van der Waals surface area contributed by atoms with Gasteiger partial charge in [0.25, 0.3) is 0 Å². The van der Waals surface area contributed by atoms with Crippen LogP contribution in [0.4, 0.5) is 0 Å². The summed E-state index contributed by atoms with van der Waals surface area (Å²) in [6.07, 6.45) is 7.88. The lowest BCUT2D eigenvalue weighted by molar-refractivity contribution is -0.137. The number of rotatable bonds is 6. The first-order valence-electron chi connectivity index (χ1n) is 10.2. The number of carbonyl (C=O) groups is 1. The largest absolute Gasteiger partial charge is 0.362 e. The van der Waals surface area contributed by atoms with Crippen LogP contribution in [0.1, 0.15) is 44.9 Å². The van der Waals surface area contributed by atoms with E-state index in [1.807, 2.05) is 17.8 Å². The molecule has 4 nitrogen and oxygen atoms in total. The maximum Gasteiger partial charge on any atom is 0.225 e. The predicted molar refractivity (Wildman–Crippen MR) is 117 cm³/mol. The van der Waals surface area contributed by atoms with Crippen molar-refractivity contribution in [1.29, 1.82) is 0 Å². The average molecular weight is 406 g/mol. The standard InChI is InChI=1S/C21H31N3OS2/c25-20(17-7-3-1-4-8-17)24-14-11-18(12-15-24)23-21(26)22-13-16-27-19-9-5-2-6-10-19/h2,5-6,9-10,17-18H,1,3-4,7-8,11-16H2,(H2,22,23,26). The van der Waals surface area contributed by atoms with Crippen LogP contribution in [-0.2, 0) is 4.79 Å². The zero-order valence-electron chi connectivity index (χ0n) is 16.0. The van der Waals surface area contributed by atoms with Gasteiger partial charge in [-0.05, 0) is 50.0 Å². The third-order valence-corrected chi connectivity index (χ3v) is 6.77. The van der Waals surface area contributed by atoms with Crippen molar-refractivity contribution < 1.29 is 4.79 Å². The lowest BCUT2D eigenvalue weighted by Crippen LogP contribution is -2.50. The summed E-state index contributed by atoms with van der Waals surface area (Å²) in [4.78, 5) is 16.0. The minimum Gasteiger partial charge on any atom is -0.362 e. The Morgan fingerprint density at radius 2 is 1.78 bits per heavy atom. The van der Waals surface area contributed by atoms with Crippen molar-refractivity contribution in [1.82, 2.24) is 15.5 Å². The van der Waals surface area contributed by atoms with Crippen molar-refractivity contribution >= 4 is 35.0 Å². The van der Waals surface area contributed by atoms with E-state index in [1.165, 1.54) is 24.2 Å². The van der Waals surface area contributed by atoms with Gasteiger partial charge in [0.15, 0.2) is 5.11 Å². The van der Waals surface area contributed by atoms with Crippen LogP contribution in [0.25, 0.3) is 0 Å². The third-order valence-electron chi connectivity index (χ3n) is 5.50. The van der Waals surface area contributed by atoms with Gasteiger partial charge in [0, 0.05) is 42.2 Å². The number of nitrogens with zero attached hydrogens (tertiary/aromatic N) is 1. The molecule has 27 heavy (non-hydrogen) atoms. The van der Waals surface area contributed by atoms with Gasteiger partial charge in [0.1, 0.15) is 0 Å². The summed E-state index contributed by atoms with van der Waals surface area (Å²) < 4.78 is 0. The van der Waals surface area contributed by atoms with Crippen molar-refractivity contribution in [3.63, 3.8) is 0 Å². The Hall–Kier alpha value is -1.27. The molecular weight excluding hydrogens is 374 g/mol. The second-order valence-electron chi connectivity index (χ2n) is 7.50. The van der Waals surface area contributed by atoms with E-state index in [2.05, 4.69) is 39.8 Å². The Morgan fingerprint density at radius 1 is 1.07 bits per heavy atom. The topological polar surface area (TPSA) is 44.4 Å². The molecule has 1 aromatic carbocycles. The SMILES string of the molecule is O=C(C1CCCCC1)N1CCC(NC(=S)NCCSc2ccccc2)CC1. The maximum atomic E-state index is 12.6. The molecule has 3 rings (SSSR count). The Balaban J connectivity index is 1.29. The number of amides is 1. The highest BCUT2D eigenvalue weighted by molar-refractivity contribution is 7.99. The Bertz CT molecular complexity index is 597. The average Bonchev–Trinajstić information content (AvgIpc) is 2.73. The van der Waals surface area contributed by atoms with Crippen molar-refractivity contribution in [3.8, 4) is 0 Å². The number of thiocarbonyl (C=S) groups is 1. The second kappa shape index (κ2) is 10.9. The summed E-state index contributed by atoms with van der Waals surface area (Å²) in [5, 5.41) is 7.47. The molecule has 0 radical (unpaired) electrons. The molecule has 1 aromatic rings. The predicted octanol–water partition coefficient (Wildman–Crippen LogP) is 3.81. The Morgan fingerprint density at radius 3 is 2.48 bits per heavy atom. The lowest BCUT2D eigenvalue weighted by atomic mass is 9.87. The minimum absolute atomic E-state index is 0.285. The molecule has 0 atom stereocenters. The smallest absolute Gasteiger partial charge is 0.225 e. The molecule has 0 aromatic heterocycles. The Kier molecular flexibility index (Phi) is 8.27. The summed E-state index contributed by atoms with van der Waals surface area (Å²) in [6.45, 7) is 2.57. The summed E-state index contributed by atoms with van der Waals surface area (Å²) in [5.74, 6) is 1.67. The fourth-order valence-electron chi connectivity index (χ4n) is 3.94. The summed E-state index contributed by atoms with van der Waals surface area (Å²) >= 11 is 7.27. The number of likely N-dealkylation sites (tertiary alicyclic amines) is 1. The van der Waals surface area contributed by atoms with Gasteiger partial charge < -0.3 is 15.5 Å². The van der Waals surface area contributed by atoms with Gasteiger partial charge in [-0.3, -0.25) is 4.79 Å². The highest BCUT2D eigenvalue weighted by Crippen LogP contribution is 2.26. The molecule has 2 N–H and O–H groups in total. The number of carbonyl (C=O) groups excluding carboxylic acids is 1. The number of hydrogen-bond donors (Lipinski definition) is 2. The Labute approximate surface area is 172 Å². The van der Waals surface area contributed by atoms with Gasteiger partial charge in [-0.1, -0.05) is 37.5 Å². The molecule has 2 fully saturated rings. The van der Waals surface area contributed by atoms with Crippen molar-refractivity contribution in [2.75, 3.05) is 25.4 Å². The van der Waals surface area contributed by atoms with Crippen molar-refractivity contribution in [2.45, 2.75) is 55.9 Å². The number of thioether (sulfide) groups is 1. The van der Waals surface area contributed by atoms with Crippen LogP contribution in [0, 0.1) is 5.92 Å². The normalized spacial score (nSPS) is 18.9. The maximum absolute atomic E-state index is 12.6. The minimum atomic E-state index is 0.285. The molecule has 1 saturated carbocycles. The van der Waals surface area contributed by atoms with Gasteiger partial charge in [-0.2, -0.15) is 0 Å². The molecule has 6 heteroatoms. The quantitative estimate of drug-likeness (QED) is 0.428. The van der Waals surface area contributed by atoms with Crippen LogP contribution >= 0.6 is 24.0 Å². The molecule has 1 aliphatic carbocycles. The molecule has 1 aliphatic heterocycles. The van der Waals surface area contributed by atoms with E-state index in [1.54, 1.807) is 0 Å². The van der Waals surface area contributed by atoms with Crippen LogP contribution in [0.2, 0.25) is 0 Å². The fraction of sp³-hybridized carbons (Fsp3) is 0.619. The van der Waals surface area contributed by atoms with Gasteiger partial charge in [-0.15, -0.1) is 11.8 Å². The number of piperidine rings is 1. The molecule has 0 spiro atoms. The van der Waals surface area contributed by atoms with Gasteiger partial charge in [-0.25, -0.2) is 0 Å². The van der Waals surface area contributed by atoms with Gasteiger partial charge >= 0.3 is 0 Å². The number of benzene rings is 1. The molecule has 2 aliphatic rings. The third kappa shape index (κ3) is 6.68. The molecule has 0 bridgehead atoms. The van der Waals surface area contributed by atoms with Gasteiger partial charge in [0.05, 0.1) is 0 Å². The van der Waals surface area contributed by atoms with Gasteiger partial charge in [0.2, 0.25) is 5.91 Å². The van der Waals surface area contributed by atoms with Crippen LogP contribution in [0.15, 0.2) is 35.2 Å². The second-order valence-corrected chi connectivity index (χ2v) is 9.07. The molecule has 0 unspecified atom stereocenters. The van der Waals surface area contributed by atoms with E-state index in [-0.39, 0.29) is 5.92 Å². The zero-order chi connectivity index (χ0) is 18.9. The monoisotopic (exact) mass is 405 g/mol.